The van der Waals surface area contributed by atoms with Gasteiger partial charge in [0.2, 0.25) is 0 Å². The number of aromatic nitrogens is 2. The fraction of sp³-hybridized carbons (Fsp3) is 0.320. The van der Waals surface area contributed by atoms with Crippen LogP contribution in [0.5, 0.6) is 5.75 Å². The van der Waals surface area contributed by atoms with Gasteiger partial charge in [-0.1, -0.05) is 30.3 Å². The van der Waals surface area contributed by atoms with E-state index in [1.807, 2.05) is 47.4 Å². The maximum Gasteiger partial charge on any atom is 0.332 e. The molecule has 2 aromatic carbocycles. The van der Waals surface area contributed by atoms with E-state index in [4.69, 9.17) is 5.73 Å². The van der Waals surface area contributed by atoms with Gasteiger partial charge in [-0.05, 0) is 36.8 Å². The molecular formula is C25H29N5O4. The fourth-order valence-corrected chi connectivity index (χ4v) is 4.28. The SMILES string of the molecule is CCn1c(=O)c(C(=O)CN2CCN(c3ccc(O)cc3)CC2)c(N)n(Cc2ccccc2)c1=O. The molecule has 0 saturated carbocycles. The van der Waals surface area contributed by atoms with E-state index in [2.05, 4.69) is 4.90 Å². The third-order valence-electron chi connectivity index (χ3n) is 6.20. The Kier molecular flexibility index (Phi) is 6.83. The Morgan fingerprint density at radius 1 is 0.941 bits per heavy atom. The van der Waals surface area contributed by atoms with E-state index in [0.29, 0.717) is 26.2 Å². The molecule has 1 fully saturated rings. The number of rotatable bonds is 7. The van der Waals surface area contributed by atoms with Gasteiger partial charge in [0.25, 0.3) is 5.56 Å². The molecule has 2 heterocycles. The van der Waals surface area contributed by atoms with E-state index < -0.39 is 11.2 Å². The second-order valence-electron chi connectivity index (χ2n) is 8.37. The number of aromatic hydroxyl groups is 1. The van der Waals surface area contributed by atoms with Gasteiger partial charge in [-0.3, -0.25) is 23.6 Å². The first-order valence-electron chi connectivity index (χ1n) is 11.4. The van der Waals surface area contributed by atoms with Crippen LogP contribution in [0.2, 0.25) is 0 Å². The van der Waals surface area contributed by atoms with Crippen LogP contribution in [0.15, 0.2) is 64.2 Å². The van der Waals surface area contributed by atoms with Crippen molar-refractivity contribution in [1.82, 2.24) is 14.0 Å². The van der Waals surface area contributed by atoms with Gasteiger partial charge in [0, 0.05) is 38.4 Å². The van der Waals surface area contributed by atoms with Gasteiger partial charge in [0.1, 0.15) is 17.1 Å². The first-order chi connectivity index (χ1) is 16.4. The summed E-state index contributed by atoms with van der Waals surface area (Å²) in [5, 5.41) is 9.48. The maximum absolute atomic E-state index is 13.2. The van der Waals surface area contributed by atoms with Crippen LogP contribution < -0.4 is 21.9 Å². The molecule has 0 atom stereocenters. The Bertz CT molecular complexity index is 1270. The van der Waals surface area contributed by atoms with Gasteiger partial charge in [-0.15, -0.1) is 0 Å². The smallest absolute Gasteiger partial charge is 0.332 e. The minimum Gasteiger partial charge on any atom is -0.508 e. The lowest BCUT2D eigenvalue weighted by Crippen LogP contribution is -2.49. The Morgan fingerprint density at radius 2 is 1.59 bits per heavy atom. The highest BCUT2D eigenvalue weighted by Crippen LogP contribution is 2.20. The van der Waals surface area contributed by atoms with Crippen LogP contribution >= 0.6 is 0 Å². The number of anilines is 2. The molecule has 0 aliphatic carbocycles. The standard InChI is InChI=1S/C25H29N5O4/c1-2-29-24(33)22(23(26)30(25(29)34)16-18-6-4-3-5-7-18)21(32)17-27-12-14-28(15-13-27)19-8-10-20(31)11-9-19/h3-11,31H,2,12-17,26H2,1H3. The molecule has 3 aromatic rings. The van der Waals surface area contributed by atoms with Crippen molar-refractivity contribution in [2.45, 2.75) is 20.0 Å². The molecule has 1 saturated heterocycles. The van der Waals surface area contributed by atoms with Crippen LogP contribution in [0.25, 0.3) is 0 Å². The highest BCUT2D eigenvalue weighted by Gasteiger charge is 2.26. The molecule has 0 amide bonds. The molecule has 1 aliphatic rings. The summed E-state index contributed by atoms with van der Waals surface area (Å²) in [5.41, 5.74) is 6.83. The number of nitrogens with zero attached hydrogens (tertiary/aromatic N) is 4. The highest BCUT2D eigenvalue weighted by molar-refractivity contribution is 6.01. The summed E-state index contributed by atoms with van der Waals surface area (Å²) in [6, 6.07) is 16.3. The van der Waals surface area contributed by atoms with E-state index in [1.54, 1.807) is 19.1 Å². The zero-order valence-electron chi connectivity index (χ0n) is 19.2. The summed E-state index contributed by atoms with van der Waals surface area (Å²) in [5.74, 6) is -0.252. The number of phenols is 1. The molecule has 0 spiro atoms. The van der Waals surface area contributed by atoms with E-state index >= 15 is 0 Å². The van der Waals surface area contributed by atoms with Crippen molar-refractivity contribution in [1.29, 1.82) is 0 Å². The number of ketones is 1. The van der Waals surface area contributed by atoms with E-state index in [-0.39, 0.29) is 42.5 Å². The van der Waals surface area contributed by atoms with Crippen LogP contribution in [0.3, 0.4) is 0 Å². The first kappa shape index (κ1) is 23.3. The molecule has 0 bridgehead atoms. The lowest BCUT2D eigenvalue weighted by Gasteiger charge is -2.35. The molecule has 3 N–H and O–H groups in total. The molecule has 9 nitrogen and oxygen atoms in total. The molecule has 0 radical (unpaired) electrons. The average molecular weight is 464 g/mol. The van der Waals surface area contributed by atoms with Crippen LogP contribution in [0.4, 0.5) is 11.5 Å². The Hall–Kier alpha value is -3.85. The molecule has 0 unspecified atom stereocenters. The van der Waals surface area contributed by atoms with E-state index in [0.717, 1.165) is 15.8 Å². The van der Waals surface area contributed by atoms with Gasteiger partial charge < -0.3 is 15.7 Å². The summed E-state index contributed by atoms with van der Waals surface area (Å²) >= 11 is 0. The number of piperazine rings is 1. The van der Waals surface area contributed by atoms with Crippen LogP contribution in [-0.2, 0) is 13.1 Å². The van der Waals surface area contributed by atoms with Crippen molar-refractivity contribution in [2.24, 2.45) is 0 Å². The number of benzene rings is 2. The minimum absolute atomic E-state index is 0.0517. The largest absolute Gasteiger partial charge is 0.508 e. The summed E-state index contributed by atoms with van der Waals surface area (Å²) in [7, 11) is 0. The molecule has 178 valence electrons. The third-order valence-corrected chi connectivity index (χ3v) is 6.20. The fourth-order valence-electron chi connectivity index (χ4n) is 4.28. The van der Waals surface area contributed by atoms with Crippen molar-refractivity contribution in [3.05, 3.63) is 86.6 Å². The molecular weight excluding hydrogens is 434 g/mol. The third kappa shape index (κ3) is 4.74. The number of carbonyl (C=O) groups is 1. The predicted molar refractivity (Wildman–Crippen MR) is 132 cm³/mol. The van der Waals surface area contributed by atoms with Gasteiger partial charge in [-0.2, -0.15) is 0 Å². The number of hydrogen-bond donors (Lipinski definition) is 2. The molecule has 4 rings (SSSR count). The van der Waals surface area contributed by atoms with Crippen LogP contribution in [0, 0.1) is 0 Å². The van der Waals surface area contributed by atoms with Crippen molar-refractivity contribution in [3.63, 3.8) is 0 Å². The topological polar surface area (TPSA) is 114 Å². The summed E-state index contributed by atoms with van der Waals surface area (Å²) in [6.45, 7) is 4.77. The van der Waals surface area contributed by atoms with Crippen molar-refractivity contribution in [2.75, 3.05) is 43.4 Å². The second-order valence-corrected chi connectivity index (χ2v) is 8.37. The van der Waals surface area contributed by atoms with Crippen molar-refractivity contribution < 1.29 is 9.90 Å². The minimum atomic E-state index is -0.637. The Morgan fingerprint density at radius 3 is 2.21 bits per heavy atom. The zero-order valence-corrected chi connectivity index (χ0v) is 19.2. The van der Waals surface area contributed by atoms with Gasteiger partial charge in [0.05, 0.1) is 13.1 Å². The first-order valence-corrected chi connectivity index (χ1v) is 11.4. The Labute approximate surface area is 197 Å². The van der Waals surface area contributed by atoms with Gasteiger partial charge >= 0.3 is 5.69 Å². The second kappa shape index (κ2) is 9.96. The number of nitrogen functional groups attached to an aromatic ring is 1. The number of phenolic OH excluding ortho intramolecular Hbond substituents is 1. The average Bonchev–Trinajstić information content (AvgIpc) is 2.84. The number of hydrogen-bond acceptors (Lipinski definition) is 7. The summed E-state index contributed by atoms with van der Waals surface area (Å²) < 4.78 is 2.37. The maximum atomic E-state index is 13.2. The van der Waals surface area contributed by atoms with E-state index in [1.165, 1.54) is 4.57 Å². The van der Waals surface area contributed by atoms with Crippen molar-refractivity contribution >= 4 is 17.3 Å². The molecule has 1 aromatic heterocycles. The summed E-state index contributed by atoms with van der Waals surface area (Å²) in [6.07, 6.45) is 0. The lowest BCUT2D eigenvalue weighted by atomic mass is 10.1. The highest BCUT2D eigenvalue weighted by atomic mass is 16.3. The normalized spacial score (nSPS) is 14.3. The van der Waals surface area contributed by atoms with Crippen LogP contribution in [0.1, 0.15) is 22.8 Å². The van der Waals surface area contributed by atoms with Crippen LogP contribution in [-0.4, -0.2) is 57.6 Å². The number of nitrogens with two attached hydrogens (primary N) is 1. The quantitative estimate of drug-likeness (QED) is 0.509. The number of Topliss-reactive ketones (excluding diaryl/α,β-unsaturated/α-hetero) is 1. The van der Waals surface area contributed by atoms with E-state index in [9.17, 15) is 19.5 Å². The summed E-state index contributed by atoms with van der Waals surface area (Å²) in [4.78, 5) is 43.3. The Balaban J connectivity index is 1.54. The zero-order chi connectivity index (χ0) is 24.2. The predicted octanol–water partition coefficient (Wildman–Crippen LogP) is 1.37. The van der Waals surface area contributed by atoms with Crippen molar-refractivity contribution in [3.8, 4) is 5.75 Å². The number of carbonyl (C=O) groups excluding carboxylic acids is 1. The monoisotopic (exact) mass is 463 g/mol. The van der Waals surface area contributed by atoms with Gasteiger partial charge in [-0.25, -0.2) is 4.79 Å². The molecule has 34 heavy (non-hydrogen) atoms. The lowest BCUT2D eigenvalue weighted by molar-refractivity contribution is 0.0924. The molecule has 9 heteroatoms. The van der Waals surface area contributed by atoms with Gasteiger partial charge in [0.15, 0.2) is 5.78 Å². The molecule has 1 aliphatic heterocycles.